The Morgan fingerprint density at radius 3 is 2.76 bits per heavy atom. The van der Waals surface area contributed by atoms with Gasteiger partial charge in [0.15, 0.2) is 11.5 Å². The average molecular weight is 295 g/mol. The topological polar surface area (TPSA) is 83.2 Å². The number of benzene rings is 1. The third kappa shape index (κ3) is 2.43. The van der Waals surface area contributed by atoms with E-state index < -0.39 is 6.10 Å². The Morgan fingerprint density at radius 2 is 2.10 bits per heavy atom. The van der Waals surface area contributed by atoms with Gasteiger partial charge in [0.2, 0.25) is 12.5 Å². The van der Waals surface area contributed by atoms with E-state index in [0.717, 1.165) is 18.4 Å². The van der Waals surface area contributed by atoms with Crippen molar-refractivity contribution in [2.45, 2.75) is 18.9 Å². The highest BCUT2D eigenvalue weighted by Gasteiger charge is 2.40. The quantitative estimate of drug-likeness (QED) is 0.869. The van der Waals surface area contributed by atoms with Crippen molar-refractivity contribution in [3.05, 3.63) is 17.7 Å². The molecular formula is C15H21NO5. The Bertz CT molecular complexity index is 513. The lowest BCUT2D eigenvalue weighted by Crippen LogP contribution is -2.41. The number of rotatable bonds is 4. The van der Waals surface area contributed by atoms with Crippen molar-refractivity contribution in [2.75, 3.05) is 33.7 Å². The van der Waals surface area contributed by atoms with Crippen molar-refractivity contribution in [1.82, 2.24) is 0 Å². The van der Waals surface area contributed by atoms with E-state index in [0.29, 0.717) is 37.0 Å². The minimum Gasteiger partial charge on any atom is -0.493 e. The molecule has 1 aromatic carbocycles. The predicted molar refractivity (Wildman–Crippen MR) is 75.6 cm³/mol. The highest BCUT2D eigenvalue weighted by Crippen LogP contribution is 2.47. The molecule has 1 saturated heterocycles. The predicted octanol–water partition coefficient (Wildman–Crippen LogP) is 1.21. The molecule has 21 heavy (non-hydrogen) atoms. The highest BCUT2D eigenvalue weighted by molar-refractivity contribution is 5.55. The van der Waals surface area contributed by atoms with Crippen LogP contribution in [0.3, 0.4) is 0 Å². The fourth-order valence-electron chi connectivity index (χ4n) is 3.03. The van der Waals surface area contributed by atoms with Crippen LogP contribution < -0.4 is 19.9 Å². The standard InChI is InChI=1S/C15H21NO5/c1-18-11-6-10(7-12-13(11)21-9-20-12)14(17)15(8-16)2-4-19-5-3-15/h6-7,14,17H,2-5,8-9,16H2,1H3. The first-order valence-electron chi connectivity index (χ1n) is 7.13. The van der Waals surface area contributed by atoms with E-state index in [1.165, 1.54) is 0 Å². The van der Waals surface area contributed by atoms with E-state index in [2.05, 4.69) is 0 Å². The second-order valence-electron chi connectivity index (χ2n) is 5.54. The second kappa shape index (κ2) is 5.71. The fourth-order valence-corrected chi connectivity index (χ4v) is 3.03. The van der Waals surface area contributed by atoms with Gasteiger partial charge in [-0.3, -0.25) is 0 Å². The largest absolute Gasteiger partial charge is 0.493 e. The molecule has 1 unspecified atom stereocenters. The first-order valence-corrected chi connectivity index (χ1v) is 7.13. The summed E-state index contributed by atoms with van der Waals surface area (Å²) in [4.78, 5) is 0. The van der Waals surface area contributed by atoms with Crippen LogP contribution in [0.1, 0.15) is 24.5 Å². The van der Waals surface area contributed by atoms with E-state index in [-0.39, 0.29) is 12.2 Å². The number of ether oxygens (including phenoxy) is 4. The van der Waals surface area contributed by atoms with Crippen LogP contribution >= 0.6 is 0 Å². The summed E-state index contributed by atoms with van der Waals surface area (Å²) >= 11 is 0. The normalized spacial score (nSPS) is 21.1. The van der Waals surface area contributed by atoms with Crippen LogP contribution in [0.2, 0.25) is 0 Å². The minimum atomic E-state index is -0.685. The van der Waals surface area contributed by atoms with Gasteiger partial charge in [-0.05, 0) is 30.5 Å². The number of methoxy groups -OCH3 is 1. The summed E-state index contributed by atoms with van der Waals surface area (Å²) in [6, 6.07) is 3.60. The van der Waals surface area contributed by atoms with Crippen LogP contribution in [0.4, 0.5) is 0 Å². The van der Waals surface area contributed by atoms with Gasteiger partial charge >= 0.3 is 0 Å². The number of hydrogen-bond acceptors (Lipinski definition) is 6. The molecule has 116 valence electrons. The summed E-state index contributed by atoms with van der Waals surface area (Å²) in [7, 11) is 1.57. The van der Waals surface area contributed by atoms with Crippen molar-refractivity contribution < 1.29 is 24.1 Å². The van der Waals surface area contributed by atoms with Crippen molar-refractivity contribution in [3.63, 3.8) is 0 Å². The molecule has 1 atom stereocenters. The van der Waals surface area contributed by atoms with E-state index in [9.17, 15) is 5.11 Å². The van der Waals surface area contributed by atoms with Gasteiger partial charge in [-0.1, -0.05) is 0 Å². The summed E-state index contributed by atoms with van der Waals surface area (Å²) in [6.07, 6.45) is 0.790. The van der Waals surface area contributed by atoms with Gasteiger partial charge in [-0.25, -0.2) is 0 Å². The molecule has 0 aliphatic carbocycles. The van der Waals surface area contributed by atoms with E-state index in [1.807, 2.05) is 6.07 Å². The Labute approximate surface area is 123 Å². The molecule has 0 spiro atoms. The Morgan fingerprint density at radius 1 is 1.33 bits per heavy atom. The third-order valence-corrected chi connectivity index (χ3v) is 4.47. The molecule has 0 radical (unpaired) electrons. The zero-order chi connectivity index (χ0) is 14.9. The van der Waals surface area contributed by atoms with Crippen LogP contribution in [-0.4, -0.2) is 38.8 Å². The summed E-state index contributed by atoms with van der Waals surface area (Å²) in [5, 5.41) is 10.9. The zero-order valence-corrected chi connectivity index (χ0v) is 12.1. The molecule has 0 amide bonds. The van der Waals surface area contributed by atoms with Crippen molar-refractivity contribution in [1.29, 1.82) is 0 Å². The number of nitrogens with two attached hydrogens (primary N) is 1. The molecule has 3 rings (SSSR count). The molecule has 0 bridgehead atoms. The number of fused-ring (bicyclic) bond motifs is 1. The lowest BCUT2D eigenvalue weighted by atomic mass is 9.73. The van der Waals surface area contributed by atoms with Gasteiger partial charge in [0.05, 0.1) is 13.2 Å². The average Bonchev–Trinajstić information content (AvgIpc) is 3.02. The molecule has 1 fully saturated rings. The molecule has 6 nitrogen and oxygen atoms in total. The molecule has 1 aromatic rings. The van der Waals surface area contributed by atoms with Crippen LogP contribution in [0.5, 0.6) is 17.2 Å². The Hall–Kier alpha value is -1.50. The number of hydrogen-bond donors (Lipinski definition) is 2. The highest BCUT2D eigenvalue weighted by atomic mass is 16.7. The molecular weight excluding hydrogens is 274 g/mol. The Balaban J connectivity index is 1.95. The molecule has 0 saturated carbocycles. The lowest BCUT2D eigenvalue weighted by Gasteiger charge is -2.40. The second-order valence-corrected chi connectivity index (χ2v) is 5.54. The SMILES string of the molecule is COc1cc(C(O)C2(CN)CCOCC2)cc2c1OCO2. The van der Waals surface area contributed by atoms with Crippen molar-refractivity contribution >= 4 is 0 Å². The summed E-state index contributed by atoms with van der Waals surface area (Å²) < 4.78 is 21.5. The van der Waals surface area contributed by atoms with Gasteiger partial charge in [0, 0.05) is 25.2 Å². The van der Waals surface area contributed by atoms with Crippen LogP contribution in [-0.2, 0) is 4.74 Å². The first-order chi connectivity index (χ1) is 10.2. The molecule has 2 aliphatic heterocycles. The Kier molecular flexibility index (Phi) is 3.93. The first kappa shape index (κ1) is 14.4. The van der Waals surface area contributed by atoms with Crippen molar-refractivity contribution in [2.24, 2.45) is 11.1 Å². The van der Waals surface area contributed by atoms with Gasteiger partial charge in [-0.15, -0.1) is 0 Å². The zero-order valence-electron chi connectivity index (χ0n) is 12.1. The van der Waals surface area contributed by atoms with Crippen LogP contribution in [0.25, 0.3) is 0 Å². The summed E-state index contributed by atoms with van der Waals surface area (Å²) in [5.41, 5.74) is 6.33. The smallest absolute Gasteiger partial charge is 0.231 e. The maximum absolute atomic E-state index is 10.9. The monoisotopic (exact) mass is 295 g/mol. The molecule has 0 aromatic heterocycles. The van der Waals surface area contributed by atoms with Gasteiger partial charge in [0.1, 0.15) is 0 Å². The molecule has 2 heterocycles. The van der Waals surface area contributed by atoms with Crippen LogP contribution in [0.15, 0.2) is 12.1 Å². The molecule has 6 heteroatoms. The van der Waals surface area contributed by atoms with Crippen molar-refractivity contribution in [3.8, 4) is 17.2 Å². The summed E-state index contributed by atoms with van der Waals surface area (Å²) in [6.45, 7) is 1.82. The maximum Gasteiger partial charge on any atom is 0.231 e. The fraction of sp³-hybridized carbons (Fsp3) is 0.600. The van der Waals surface area contributed by atoms with Gasteiger partial charge in [-0.2, -0.15) is 0 Å². The lowest BCUT2D eigenvalue weighted by molar-refractivity contribution is -0.0582. The van der Waals surface area contributed by atoms with Crippen LogP contribution in [0, 0.1) is 5.41 Å². The molecule has 2 aliphatic rings. The maximum atomic E-state index is 10.9. The number of aliphatic hydroxyl groups excluding tert-OH is 1. The number of aliphatic hydroxyl groups is 1. The van der Waals surface area contributed by atoms with Gasteiger partial charge in [0.25, 0.3) is 0 Å². The molecule has 3 N–H and O–H groups in total. The van der Waals surface area contributed by atoms with E-state index in [1.54, 1.807) is 13.2 Å². The third-order valence-electron chi connectivity index (χ3n) is 4.47. The minimum absolute atomic E-state index is 0.168. The van der Waals surface area contributed by atoms with Gasteiger partial charge < -0.3 is 29.8 Å². The van der Waals surface area contributed by atoms with E-state index in [4.69, 9.17) is 24.7 Å². The summed E-state index contributed by atoms with van der Waals surface area (Å²) in [5.74, 6) is 1.75. The van der Waals surface area contributed by atoms with E-state index >= 15 is 0 Å².